The van der Waals surface area contributed by atoms with Crippen LogP contribution in [0.25, 0.3) is 0 Å². The number of halogens is 3. The lowest BCUT2D eigenvalue weighted by atomic mass is 10.0. The molecule has 0 saturated heterocycles. The van der Waals surface area contributed by atoms with E-state index >= 15 is 0 Å². The molecule has 1 heterocycles. The van der Waals surface area contributed by atoms with Crippen molar-refractivity contribution in [1.29, 1.82) is 0 Å². The summed E-state index contributed by atoms with van der Waals surface area (Å²) in [4.78, 5) is 0. The van der Waals surface area contributed by atoms with Gasteiger partial charge in [-0.15, -0.1) is 0 Å². The van der Waals surface area contributed by atoms with Gasteiger partial charge in [0.05, 0.1) is 5.75 Å². The van der Waals surface area contributed by atoms with Crippen LogP contribution in [0.5, 0.6) is 0 Å². The summed E-state index contributed by atoms with van der Waals surface area (Å²) in [5.74, 6) is -0.540. The summed E-state index contributed by atoms with van der Waals surface area (Å²) in [6, 6.07) is 5.22. The van der Waals surface area contributed by atoms with Gasteiger partial charge < -0.3 is 5.32 Å². The predicted molar refractivity (Wildman–Crippen MR) is 74.6 cm³/mol. The molecule has 0 radical (unpaired) electrons. The number of nitrogens with one attached hydrogen (secondary N) is 2. The standard InChI is InChI=1S/C13H17F3N2O2S/c14-13(15,16)5-1-7-21(19,20)18-12-3-2-10-4-6-17-9-11(10)8-12/h2-3,8,17-18H,1,4-7,9H2. The predicted octanol–water partition coefficient (Wildman–Crippen LogP) is 2.42. The van der Waals surface area contributed by atoms with Gasteiger partial charge in [0.1, 0.15) is 0 Å². The Bertz CT molecular complexity index is 600. The molecule has 1 aromatic rings. The van der Waals surface area contributed by atoms with Gasteiger partial charge in [0, 0.05) is 18.7 Å². The highest BCUT2D eigenvalue weighted by molar-refractivity contribution is 7.92. The van der Waals surface area contributed by atoms with Gasteiger partial charge in [-0.2, -0.15) is 13.2 Å². The van der Waals surface area contributed by atoms with E-state index in [9.17, 15) is 21.6 Å². The van der Waals surface area contributed by atoms with Crippen molar-refractivity contribution in [2.24, 2.45) is 0 Å². The molecule has 0 bridgehead atoms. The first-order valence-electron chi connectivity index (χ1n) is 6.65. The first-order valence-corrected chi connectivity index (χ1v) is 8.30. The van der Waals surface area contributed by atoms with Crippen LogP contribution in [-0.4, -0.2) is 26.9 Å². The maximum atomic E-state index is 12.0. The fourth-order valence-electron chi connectivity index (χ4n) is 2.24. The molecule has 21 heavy (non-hydrogen) atoms. The van der Waals surface area contributed by atoms with Crippen molar-refractivity contribution in [2.45, 2.75) is 32.0 Å². The number of hydrogen-bond donors (Lipinski definition) is 2. The minimum Gasteiger partial charge on any atom is -0.312 e. The summed E-state index contributed by atoms with van der Waals surface area (Å²) in [6.07, 6.45) is -4.98. The molecule has 8 heteroatoms. The summed E-state index contributed by atoms with van der Waals surface area (Å²) in [5, 5.41) is 3.18. The van der Waals surface area contributed by atoms with Crippen LogP contribution in [0.3, 0.4) is 0 Å². The molecule has 118 valence electrons. The van der Waals surface area contributed by atoms with E-state index in [4.69, 9.17) is 0 Å². The topological polar surface area (TPSA) is 58.2 Å². The van der Waals surface area contributed by atoms with Crippen molar-refractivity contribution >= 4 is 15.7 Å². The normalized spacial score (nSPS) is 15.6. The summed E-state index contributed by atoms with van der Waals surface area (Å²) >= 11 is 0. The third-order valence-corrected chi connectivity index (χ3v) is 4.61. The molecule has 0 saturated carbocycles. The zero-order chi connectivity index (χ0) is 15.5. The lowest BCUT2D eigenvalue weighted by molar-refractivity contribution is -0.134. The monoisotopic (exact) mass is 322 g/mol. The van der Waals surface area contributed by atoms with Crippen LogP contribution in [0.1, 0.15) is 24.0 Å². The molecule has 1 aliphatic heterocycles. The highest BCUT2D eigenvalue weighted by atomic mass is 32.2. The number of rotatable bonds is 5. The summed E-state index contributed by atoms with van der Waals surface area (Å²) in [6.45, 7) is 1.55. The average Bonchev–Trinajstić information content (AvgIpc) is 2.36. The van der Waals surface area contributed by atoms with Crippen LogP contribution in [0.4, 0.5) is 18.9 Å². The van der Waals surface area contributed by atoms with Crippen LogP contribution in [0.15, 0.2) is 18.2 Å². The van der Waals surface area contributed by atoms with E-state index in [1.54, 1.807) is 12.1 Å². The van der Waals surface area contributed by atoms with Crippen LogP contribution in [-0.2, 0) is 23.0 Å². The van der Waals surface area contributed by atoms with Crippen molar-refractivity contribution in [3.05, 3.63) is 29.3 Å². The number of alkyl halides is 3. The Balaban J connectivity index is 1.97. The van der Waals surface area contributed by atoms with Crippen molar-refractivity contribution in [3.8, 4) is 0 Å². The lowest BCUT2D eigenvalue weighted by Crippen LogP contribution is -2.24. The zero-order valence-corrected chi connectivity index (χ0v) is 12.1. The van der Waals surface area contributed by atoms with Gasteiger partial charge in [-0.3, -0.25) is 4.72 Å². The SMILES string of the molecule is O=S(=O)(CCCC(F)(F)F)Nc1ccc2c(c1)CNCC2. The zero-order valence-electron chi connectivity index (χ0n) is 11.3. The van der Waals surface area contributed by atoms with Crippen molar-refractivity contribution in [2.75, 3.05) is 17.0 Å². The highest BCUT2D eigenvalue weighted by Crippen LogP contribution is 2.23. The van der Waals surface area contributed by atoms with Gasteiger partial charge in [0.15, 0.2) is 0 Å². The molecule has 0 atom stereocenters. The highest BCUT2D eigenvalue weighted by Gasteiger charge is 2.27. The molecule has 0 fully saturated rings. The maximum Gasteiger partial charge on any atom is 0.389 e. The second-order valence-electron chi connectivity index (χ2n) is 5.05. The summed E-state index contributed by atoms with van der Waals surface area (Å²) < 4.78 is 61.9. The van der Waals surface area contributed by atoms with E-state index in [1.807, 2.05) is 6.07 Å². The Labute approximate surface area is 121 Å². The molecule has 0 aliphatic carbocycles. The molecule has 0 unspecified atom stereocenters. The van der Waals surface area contributed by atoms with Gasteiger partial charge >= 0.3 is 6.18 Å². The lowest BCUT2D eigenvalue weighted by Gasteiger charge is -2.18. The Morgan fingerprint density at radius 3 is 2.71 bits per heavy atom. The van der Waals surface area contributed by atoms with E-state index in [0.29, 0.717) is 12.2 Å². The smallest absolute Gasteiger partial charge is 0.312 e. The molecular formula is C13H17F3N2O2S. The number of fused-ring (bicyclic) bond motifs is 1. The molecule has 2 N–H and O–H groups in total. The van der Waals surface area contributed by atoms with E-state index in [1.165, 1.54) is 0 Å². The average molecular weight is 322 g/mol. The van der Waals surface area contributed by atoms with Gasteiger partial charge in [-0.05, 0) is 42.6 Å². The molecule has 0 amide bonds. The molecule has 2 rings (SSSR count). The second-order valence-corrected chi connectivity index (χ2v) is 6.89. The van der Waals surface area contributed by atoms with Crippen molar-refractivity contribution in [3.63, 3.8) is 0 Å². The van der Waals surface area contributed by atoms with Crippen molar-refractivity contribution < 1.29 is 21.6 Å². The summed E-state index contributed by atoms with van der Waals surface area (Å²) in [7, 11) is -3.75. The first-order chi connectivity index (χ1) is 9.75. The molecule has 4 nitrogen and oxygen atoms in total. The van der Waals surface area contributed by atoms with Crippen LogP contribution in [0.2, 0.25) is 0 Å². The molecule has 0 spiro atoms. The van der Waals surface area contributed by atoms with Gasteiger partial charge in [0.2, 0.25) is 10.0 Å². The maximum absolute atomic E-state index is 12.0. The van der Waals surface area contributed by atoms with E-state index < -0.39 is 34.8 Å². The second kappa shape index (κ2) is 6.23. The van der Waals surface area contributed by atoms with E-state index in [-0.39, 0.29) is 0 Å². The van der Waals surface area contributed by atoms with Gasteiger partial charge in [-0.25, -0.2) is 8.42 Å². The fourth-order valence-corrected chi connectivity index (χ4v) is 3.35. The number of benzene rings is 1. The van der Waals surface area contributed by atoms with Crippen LogP contribution >= 0.6 is 0 Å². The molecule has 1 aliphatic rings. The molecular weight excluding hydrogens is 305 g/mol. The quantitative estimate of drug-likeness (QED) is 0.875. The van der Waals surface area contributed by atoms with E-state index in [2.05, 4.69) is 10.0 Å². The molecule has 1 aromatic carbocycles. The number of hydrogen-bond acceptors (Lipinski definition) is 3. The minimum atomic E-state index is -4.33. The third-order valence-electron chi connectivity index (χ3n) is 3.24. The van der Waals surface area contributed by atoms with Crippen molar-refractivity contribution in [1.82, 2.24) is 5.32 Å². The summed E-state index contributed by atoms with van der Waals surface area (Å²) in [5.41, 5.74) is 2.56. The molecule has 0 aromatic heterocycles. The van der Waals surface area contributed by atoms with Crippen LogP contribution < -0.4 is 10.0 Å². The number of anilines is 1. The van der Waals surface area contributed by atoms with Gasteiger partial charge in [-0.1, -0.05) is 6.07 Å². The van der Waals surface area contributed by atoms with Crippen LogP contribution in [0, 0.1) is 0 Å². The Morgan fingerprint density at radius 2 is 2.00 bits per heavy atom. The Morgan fingerprint density at radius 1 is 1.24 bits per heavy atom. The third kappa shape index (κ3) is 5.20. The fraction of sp³-hybridized carbons (Fsp3) is 0.538. The minimum absolute atomic E-state index is 0.393. The number of sulfonamides is 1. The first kappa shape index (κ1) is 16.1. The largest absolute Gasteiger partial charge is 0.389 e. The van der Waals surface area contributed by atoms with E-state index in [0.717, 1.165) is 24.1 Å². The van der Waals surface area contributed by atoms with Gasteiger partial charge in [0.25, 0.3) is 0 Å². The Kier molecular flexibility index (Phi) is 4.77. The Hall–Kier alpha value is -1.28.